The third-order valence-electron chi connectivity index (χ3n) is 1.23. The monoisotopic (exact) mass is 136 g/mol. The van der Waals surface area contributed by atoms with Gasteiger partial charge in [0.05, 0.1) is 12.4 Å². The van der Waals surface area contributed by atoms with E-state index in [4.69, 9.17) is 0 Å². The van der Waals surface area contributed by atoms with Crippen molar-refractivity contribution in [1.82, 2.24) is 10.2 Å². The maximum atomic E-state index is 10.9. The Morgan fingerprint density at radius 3 is 2.90 bits per heavy atom. The molecule has 0 aliphatic carbocycles. The fourth-order valence-electron chi connectivity index (χ4n) is 0.660. The van der Waals surface area contributed by atoms with Gasteiger partial charge >= 0.3 is 0 Å². The van der Waals surface area contributed by atoms with Gasteiger partial charge in [-0.1, -0.05) is 6.92 Å². The van der Waals surface area contributed by atoms with Crippen molar-refractivity contribution >= 4 is 5.78 Å². The first-order valence-corrected chi connectivity index (χ1v) is 3.14. The first-order chi connectivity index (χ1) is 4.84. The number of carbonyl (C=O) groups excluding carboxylic acids is 1. The predicted molar refractivity (Wildman–Crippen MR) is 36.7 cm³/mol. The van der Waals surface area contributed by atoms with Crippen molar-refractivity contribution in [3.63, 3.8) is 0 Å². The number of hydrogen-bond acceptors (Lipinski definition) is 3. The van der Waals surface area contributed by atoms with Gasteiger partial charge in [0.15, 0.2) is 5.78 Å². The highest BCUT2D eigenvalue weighted by atomic mass is 16.1. The fourth-order valence-corrected chi connectivity index (χ4v) is 0.660. The first-order valence-electron chi connectivity index (χ1n) is 3.14. The van der Waals surface area contributed by atoms with Gasteiger partial charge in [-0.3, -0.25) is 4.79 Å². The number of ketones is 1. The van der Waals surface area contributed by atoms with Gasteiger partial charge in [-0.05, 0) is 6.07 Å². The lowest BCUT2D eigenvalue weighted by Gasteiger charge is -1.92. The molecule has 1 aromatic rings. The normalized spacial score (nSPS) is 9.30. The summed E-state index contributed by atoms with van der Waals surface area (Å²) in [7, 11) is 0. The molecule has 3 nitrogen and oxygen atoms in total. The lowest BCUT2D eigenvalue weighted by atomic mass is 10.2. The van der Waals surface area contributed by atoms with Gasteiger partial charge < -0.3 is 0 Å². The van der Waals surface area contributed by atoms with E-state index in [0.717, 1.165) is 0 Å². The molecule has 0 aliphatic rings. The molecular formula is C7H8N2O. The molecule has 0 saturated heterocycles. The highest BCUT2D eigenvalue weighted by Gasteiger charge is 2.00. The molecule has 0 radical (unpaired) electrons. The van der Waals surface area contributed by atoms with Crippen molar-refractivity contribution < 1.29 is 4.79 Å². The van der Waals surface area contributed by atoms with Gasteiger partial charge in [-0.25, -0.2) is 0 Å². The zero-order valence-electron chi connectivity index (χ0n) is 5.74. The van der Waals surface area contributed by atoms with Crippen LogP contribution in [0.4, 0.5) is 0 Å². The van der Waals surface area contributed by atoms with Crippen molar-refractivity contribution in [2.45, 2.75) is 13.3 Å². The van der Waals surface area contributed by atoms with E-state index in [-0.39, 0.29) is 5.78 Å². The number of aromatic nitrogens is 2. The highest BCUT2D eigenvalue weighted by molar-refractivity contribution is 5.95. The Balaban J connectivity index is 2.85. The van der Waals surface area contributed by atoms with E-state index in [9.17, 15) is 4.79 Å². The molecule has 1 heterocycles. The van der Waals surface area contributed by atoms with Crippen LogP contribution in [0.1, 0.15) is 23.7 Å². The summed E-state index contributed by atoms with van der Waals surface area (Å²) in [4.78, 5) is 10.9. The quantitative estimate of drug-likeness (QED) is 0.571. The zero-order chi connectivity index (χ0) is 7.40. The van der Waals surface area contributed by atoms with Crippen LogP contribution in [0.25, 0.3) is 0 Å². The van der Waals surface area contributed by atoms with Gasteiger partial charge in [-0.2, -0.15) is 10.2 Å². The molecule has 52 valence electrons. The molecule has 0 unspecified atom stereocenters. The van der Waals surface area contributed by atoms with Gasteiger partial charge in [0.25, 0.3) is 0 Å². The Bertz CT molecular complexity index is 220. The van der Waals surface area contributed by atoms with E-state index in [1.165, 1.54) is 12.4 Å². The highest BCUT2D eigenvalue weighted by Crippen LogP contribution is 1.97. The molecular weight excluding hydrogens is 128 g/mol. The molecule has 3 heteroatoms. The Morgan fingerprint density at radius 1 is 1.60 bits per heavy atom. The lowest BCUT2D eigenvalue weighted by Crippen LogP contribution is -1.96. The SMILES string of the molecule is CCC(=O)c1ccnnc1. The molecule has 0 spiro atoms. The van der Waals surface area contributed by atoms with Gasteiger partial charge in [0.2, 0.25) is 0 Å². The van der Waals surface area contributed by atoms with Crippen molar-refractivity contribution in [3.05, 3.63) is 24.0 Å². The summed E-state index contributed by atoms with van der Waals surface area (Å²) < 4.78 is 0. The third kappa shape index (κ3) is 1.37. The second kappa shape index (κ2) is 3.06. The maximum Gasteiger partial charge on any atom is 0.164 e. The molecule has 0 saturated carbocycles. The second-order valence-corrected chi connectivity index (χ2v) is 1.91. The summed E-state index contributed by atoms with van der Waals surface area (Å²) in [6.45, 7) is 1.82. The number of carbonyl (C=O) groups is 1. The molecule has 0 fully saturated rings. The average Bonchev–Trinajstić information content (AvgIpc) is 2.05. The van der Waals surface area contributed by atoms with Crippen LogP contribution in [0.2, 0.25) is 0 Å². The van der Waals surface area contributed by atoms with Crippen LogP contribution in [-0.2, 0) is 0 Å². The van der Waals surface area contributed by atoms with E-state index in [1.807, 2.05) is 6.92 Å². The summed E-state index contributed by atoms with van der Waals surface area (Å²) in [5.74, 6) is 0.106. The minimum Gasteiger partial charge on any atom is -0.294 e. The van der Waals surface area contributed by atoms with Crippen LogP contribution in [0.5, 0.6) is 0 Å². The van der Waals surface area contributed by atoms with Gasteiger partial charge in [0.1, 0.15) is 0 Å². The summed E-state index contributed by atoms with van der Waals surface area (Å²) in [6, 6.07) is 1.67. The molecule has 1 rings (SSSR count). The van der Waals surface area contributed by atoms with E-state index in [2.05, 4.69) is 10.2 Å². The molecule has 0 atom stereocenters. The topological polar surface area (TPSA) is 42.9 Å². The van der Waals surface area contributed by atoms with Crippen LogP contribution < -0.4 is 0 Å². The number of nitrogens with zero attached hydrogens (tertiary/aromatic N) is 2. The minimum absolute atomic E-state index is 0.106. The molecule has 0 aromatic carbocycles. The van der Waals surface area contributed by atoms with Gasteiger partial charge in [0, 0.05) is 12.0 Å². The van der Waals surface area contributed by atoms with E-state index >= 15 is 0 Å². The lowest BCUT2D eigenvalue weighted by molar-refractivity contribution is 0.0987. The Labute approximate surface area is 59.1 Å². The summed E-state index contributed by atoms with van der Waals surface area (Å²) in [5.41, 5.74) is 0.637. The van der Waals surface area contributed by atoms with Crippen molar-refractivity contribution in [1.29, 1.82) is 0 Å². The van der Waals surface area contributed by atoms with Crippen LogP contribution in [0.15, 0.2) is 18.5 Å². The molecule has 1 aromatic heterocycles. The minimum atomic E-state index is 0.106. The fraction of sp³-hybridized carbons (Fsp3) is 0.286. The predicted octanol–water partition coefficient (Wildman–Crippen LogP) is 1.07. The third-order valence-corrected chi connectivity index (χ3v) is 1.23. The van der Waals surface area contributed by atoms with E-state index in [0.29, 0.717) is 12.0 Å². The maximum absolute atomic E-state index is 10.9. The number of rotatable bonds is 2. The smallest absolute Gasteiger partial charge is 0.164 e. The number of Topliss-reactive ketones (excluding diaryl/α,β-unsaturated/α-hetero) is 1. The van der Waals surface area contributed by atoms with Crippen LogP contribution in [0, 0.1) is 0 Å². The molecule has 0 aliphatic heterocycles. The second-order valence-electron chi connectivity index (χ2n) is 1.91. The Morgan fingerprint density at radius 2 is 2.40 bits per heavy atom. The van der Waals surface area contributed by atoms with Crippen molar-refractivity contribution in [2.24, 2.45) is 0 Å². The van der Waals surface area contributed by atoms with Crippen molar-refractivity contribution in [2.75, 3.05) is 0 Å². The van der Waals surface area contributed by atoms with Gasteiger partial charge in [-0.15, -0.1) is 0 Å². The van der Waals surface area contributed by atoms with E-state index < -0.39 is 0 Å². The molecule has 0 N–H and O–H groups in total. The number of hydrogen-bond donors (Lipinski definition) is 0. The summed E-state index contributed by atoms with van der Waals surface area (Å²) in [6.07, 6.45) is 3.51. The van der Waals surface area contributed by atoms with E-state index in [1.54, 1.807) is 6.07 Å². The van der Waals surface area contributed by atoms with Crippen LogP contribution >= 0.6 is 0 Å². The Hall–Kier alpha value is -1.25. The zero-order valence-corrected chi connectivity index (χ0v) is 5.74. The van der Waals surface area contributed by atoms with Crippen LogP contribution in [-0.4, -0.2) is 16.0 Å². The average molecular weight is 136 g/mol. The standard InChI is InChI=1S/C7H8N2O/c1-2-7(10)6-3-4-8-9-5-6/h3-5H,2H2,1H3. The summed E-state index contributed by atoms with van der Waals surface area (Å²) >= 11 is 0. The van der Waals surface area contributed by atoms with Crippen molar-refractivity contribution in [3.8, 4) is 0 Å². The Kier molecular flexibility index (Phi) is 2.10. The van der Waals surface area contributed by atoms with Crippen LogP contribution in [0.3, 0.4) is 0 Å². The molecule has 0 bridgehead atoms. The molecule has 10 heavy (non-hydrogen) atoms. The largest absolute Gasteiger partial charge is 0.294 e. The summed E-state index contributed by atoms with van der Waals surface area (Å²) in [5, 5.41) is 7.14. The first kappa shape index (κ1) is 6.86. The molecule has 0 amide bonds.